The standard InChI is InChI=1S/C42H40N2O5/c1-26-21-22-32-31-15-7-8-17-34(31)43(36(32)23-26)24-28-12-4-6-14-30(28)42(47)49-37-19-10-18-35-39(37)33-16-9-20-38(48-2)40(33)44(35)25-27-11-3-5-13-29(27)41(45)46/h3-8,10-15,17-19,26,38H,9,16,20-25H2,1-2H3,(H,45,46). The molecule has 49 heavy (non-hydrogen) atoms. The normalized spacial score (nSPS) is 17.2. The summed E-state index contributed by atoms with van der Waals surface area (Å²) in [4.78, 5) is 26.3. The summed E-state index contributed by atoms with van der Waals surface area (Å²) < 4.78 is 16.9. The summed E-state index contributed by atoms with van der Waals surface area (Å²) in [5.41, 5.74) is 9.48. The fourth-order valence-electron chi connectivity index (χ4n) is 8.34. The highest BCUT2D eigenvalue weighted by Crippen LogP contribution is 2.43. The number of carbonyl (C=O) groups is 2. The number of methoxy groups -OCH3 is 1. The Hall–Kier alpha value is -5.14. The topological polar surface area (TPSA) is 82.7 Å². The Labute approximate surface area is 285 Å². The number of carboxylic acid groups (broad SMARTS) is 1. The second-order valence-corrected chi connectivity index (χ2v) is 13.6. The quantitative estimate of drug-likeness (QED) is 0.131. The number of esters is 1. The maximum Gasteiger partial charge on any atom is 0.343 e. The van der Waals surface area contributed by atoms with Crippen molar-refractivity contribution in [2.45, 2.75) is 64.6 Å². The number of nitrogens with zero attached hydrogens (tertiary/aromatic N) is 2. The van der Waals surface area contributed by atoms with Crippen LogP contribution in [-0.2, 0) is 37.1 Å². The van der Waals surface area contributed by atoms with E-state index in [4.69, 9.17) is 9.47 Å². The van der Waals surface area contributed by atoms with E-state index in [0.29, 0.717) is 35.9 Å². The summed E-state index contributed by atoms with van der Waals surface area (Å²) in [6.07, 6.45) is 5.76. The van der Waals surface area contributed by atoms with E-state index in [9.17, 15) is 14.7 Å². The van der Waals surface area contributed by atoms with Gasteiger partial charge in [0.2, 0.25) is 0 Å². The van der Waals surface area contributed by atoms with Crippen molar-refractivity contribution in [2.75, 3.05) is 7.11 Å². The van der Waals surface area contributed by atoms with E-state index in [2.05, 4.69) is 40.3 Å². The molecule has 2 heterocycles. The molecule has 4 aromatic carbocycles. The van der Waals surface area contributed by atoms with Crippen molar-refractivity contribution in [3.8, 4) is 5.75 Å². The average Bonchev–Trinajstić information content (AvgIpc) is 3.61. The summed E-state index contributed by atoms with van der Waals surface area (Å²) in [6, 6.07) is 29.3. The Morgan fingerprint density at radius 2 is 1.47 bits per heavy atom. The first-order valence-corrected chi connectivity index (χ1v) is 17.3. The van der Waals surface area contributed by atoms with Gasteiger partial charge in [-0.3, -0.25) is 0 Å². The molecule has 1 N–H and O–H groups in total. The van der Waals surface area contributed by atoms with E-state index in [-0.39, 0.29) is 11.7 Å². The third-order valence-electron chi connectivity index (χ3n) is 10.6. The van der Waals surface area contributed by atoms with Crippen LogP contribution in [-0.4, -0.2) is 33.3 Å². The lowest BCUT2D eigenvalue weighted by molar-refractivity contribution is 0.0693. The predicted octanol–water partition coefficient (Wildman–Crippen LogP) is 8.76. The van der Waals surface area contributed by atoms with Gasteiger partial charge < -0.3 is 23.7 Å². The highest BCUT2D eigenvalue weighted by Gasteiger charge is 2.31. The van der Waals surface area contributed by atoms with Gasteiger partial charge >= 0.3 is 11.9 Å². The molecule has 8 rings (SSSR count). The number of benzene rings is 4. The van der Waals surface area contributed by atoms with Crippen molar-refractivity contribution in [3.63, 3.8) is 0 Å². The number of para-hydroxylation sites is 1. The van der Waals surface area contributed by atoms with Crippen LogP contribution in [0.2, 0.25) is 0 Å². The first-order chi connectivity index (χ1) is 23.9. The number of hydrogen-bond acceptors (Lipinski definition) is 4. The molecule has 0 saturated heterocycles. The molecule has 6 aromatic rings. The highest BCUT2D eigenvalue weighted by molar-refractivity contribution is 5.98. The minimum absolute atomic E-state index is 0.151. The highest BCUT2D eigenvalue weighted by atomic mass is 16.5. The van der Waals surface area contributed by atoms with Gasteiger partial charge in [-0.25, -0.2) is 9.59 Å². The predicted molar refractivity (Wildman–Crippen MR) is 191 cm³/mol. The van der Waals surface area contributed by atoms with Crippen LogP contribution < -0.4 is 4.74 Å². The summed E-state index contributed by atoms with van der Waals surface area (Å²) in [5, 5.41) is 12.1. The zero-order chi connectivity index (χ0) is 33.6. The van der Waals surface area contributed by atoms with Crippen molar-refractivity contribution in [1.29, 1.82) is 0 Å². The third kappa shape index (κ3) is 5.42. The molecule has 0 aliphatic heterocycles. The van der Waals surface area contributed by atoms with Crippen LogP contribution >= 0.6 is 0 Å². The van der Waals surface area contributed by atoms with Crippen LogP contribution in [0.4, 0.5) is 0 Å². The molecule has 0 amide bonds. The van der Waals surface area contributed by atoms with Gasteiger partial charge in [-0.2, -0.15) is 0 Å². The van der Waals surface area contributed by atoms with E-state index < -0.39 is 11.9 Å². The largest absolute Gasteiger partial charge is 0.478 e. The van der Waals surface area contributed by atoms with Gasteiger partial charge in [0, 0.05) is 42.2 Å². The van der Waals surface area contributed by atoms with E-state index >= 15 is 0 Å². The van der Waals surface area contributed by atoms with Crippen molar-refractivity contribution < 1.29 is 24.2 Å². The second kappa shape index (κ2) is 12.7. The van der Waals surface area contributed by atoms with Gasteiger partial charge in [0.05, 0.1) is 28.4 Å². The Bertz CT molecular complexity index is 2240. The number of fused-ring (bicyclic) bond motifs is 6. The van der Waals surface area contributed by atoms with Crippen molar-refractivity contribution >= 4 is 33.7 Å². The number of hydrogen-bond donors (Lipinski definition) is 1. The van der Waals surface area contributed by atoms with Gasteiger partial charge in [0.1, 0.15) is 5.75 Å². The fraction of sp³-hybridized carbons (Fsp3) is 0.286. The number of rotatable bonds is 8. The molecule has 7 nitrogen and oxygen atoms in total. The maximum absolute atomic E-state index is 14.2. The summed E-state index contributed by atoms with van der Waals surface area (Å²) in [6.45, 7) is 3.27. The molecule has 2 aliphatic rings. The monoisotopic (exact) mass is 652 g/mol. The Kier molecular flexibility index (Phi) is 8.08. The molecular weight excluding hydrogens is 612 g/mol. The van der Waals surface area contributed by atoms with Crippen LogP contribution in [0.3, 0.4) is 0 Å². The van der Waals surface area contributed by atoms with Gasteiger partial charge in [0.25, 0.3) is 0 Å². The number of carbonyl (C=O) groups excluding carboxylic acids is 1. The van der Waals surface area contributed by atoms with Gasteiger partial charge in [0.15, 0.2) is 0 Å². The van der Waals surface area contributed by atoms with E-state index in [1.807, 2.05) is 54.6 Å². The maximum atomic E-state index is 14.2. The van der Waals surface area contributed by atoms with Crippen LogP contribution in [0, 0.1) is 5.92 Å². The molecular formula is C42H40N2O5. The zero-order valence-electron chi connectivity index (χ0n) is 27.9. The minimum Gasteiger partial charge on any atom is -0.478 e. The first-order valence-electron chi connectivity index (χ1n) is 17.3. The van der Waals surface area contributed by atoms with Gasteiger partial charge in [-0.1, -0.05) is 67.6 Å². The van der Waals surface area contributed by atoms with Crippen LogP contribution in [0.5, 0.6) is 5.75 Å². The number of ether oxygens (including phenoxy) is 2. The summed E-state index contributed by atoms with van der Waals surface area (Å²) in [7, 11) is 1.72. The van der Waals surface area contributed by atoms with Crippen LogP contribution in [0.1, 0.15) is 86.6 Å². The second-order valence-electron chi connectivity index (χ2n) is 13.6. The Morgan fingerprint density at radius 3 is 2.27 bits per heavy atom. The summed E-state index contributed by atoms with van der Waals surface area (Å²) in [5.74, 6) is -0.225. The van der Waals surface area contributed by atoms with Crippen molar-refractivity contribution in [1.82, 2.24) is 9.13 Å². The first kappa shape index (κ1) is 31.1. The molecule has 2 aliphatic carbocycles. The third-order valence-corrected chi connectivity index (χ3v) is 10.6. The van der Waals surface area contributed by atoms with Crippen molar-refractivity contribution in [2.24, 2.45) is 5.92 Å². The SMILES string of the molecule is COC1CCCc2c1n(Cc1ccccc1C(=O)O)c1cccc(OC(=O)c3ccccc3Cn3c4c(c5ccccc53)CCC(C)C4)c21. The molecule has 0 radical (unpaired) electrons. The molecule has 7 heteroatoms. The molecule has 2 aromatic heterocycles. The smallest absolute Gasteiger partial charge is 0.343 e. The van der Waals surface area contributed by atoms with Crippen LogP contribution in [0.25, 0.3) is 21.8 Å². The zero-order valence-corrected chi connectivity index (χ0v) is 27.9. The van der Waals surface area contributed by atoms with Crippen molar-refractivity contribution in [3.05, 3.63) is 136 Å². The van der Waals surface area contributed by atoms with Crippen LogP contribution in [0.15, 0.2) is 91.0 Å². The van der Waals surface area contributed by atoms with Gasteiger partial charge in [-0.15, -0.1) is 0 Å². The number of aromatic nitrogens is 2. The molecule has 2 unspecified atom stereocenters. The Morgan fingerprint density at radius 1 is 0.776 bits per heavy atom. The lowest BCUT2D eigenvalue weighted by Gasteiger charge is -2.25. The number of carboxylic acids is 1. The van der Waals surface area contributed by atoms with E-state index in [1.54, 1.807) is 19.2 Å². The number of aryl methyl sites for hydroxylation is 2. The molecule has 2 atom stereocenters. The van der Waals surface area contributed by atoms with E-state index in [0.717, 1.165) is 59.8 Å². The van der Waals surface area contributed by atoms with E-state index in [1.165, 1.54) is 28.6 Å². The fourth-order valence-corrected chi connectivity index (χ4v) is 8.34. The molecule has 248 valence electrons. The van der Waals surface area contributed by atoms with Gasteiger partial charge in [-0.05, 0) is 97.0 Å². The summed E-state index contributed by atoms with van der Waals surface area (Å²) >= 11 is 0. The molecule has 0 fully saturated rings. The molecule has 0 bridgehead atoms. The molecule has 0 spiro atoms. The molecule has 0 saturated carbocycles. The minimum atomic E-state index is -0.958. The lowest BCUT2D eigenvalue weighted by Crippen LogP contribution is -2.17. The number of aromatic carboxylic acids is 1. The Balaban J connectivity index is 1.19. The average molecular weight is 653 g/mol. The lowest BCUT2D eigenvalue weighted by atomic mass is 9.88.